The molecule has 0 unspecified atom stereocenters. The van der Waals surface area contributed by atoms with Crippen molar-refractivity contribution in [2.45, 2.75) is 19.4 Å². The van der Waals surface area contributed by atoms with E-state index < -0.39 is 0 Å². The zero-order chi connectivity index (χ0) is 16.5. The van der Waals surface area contributed by atoms with E-state index >= 15 is 0 Å². The summed E-state index contributed by atoms with van der Waals surface area (Å²) in [6, 6.07) is 9.67. The first-order valence-electron chi connectivity index (χ1n) is 7.63. The monoisotopic (exact) mass is 317 g/mol. The SMILES string of the molecule is COCCN(Cc1ccoc1)C(=O)CCc1ccc(OC)cc1. The van der Waals surface area contributed by atoms with E-state index in [1.165, 1.54) is 0 Å². The molecular weight excluding hydrogens is 294 g/mol. The first-order valence-corrected chi connectivity index (χ1v) is 7.63. The van der Waals surface area contributed by atoms with E-state index in [1.807, 2.05) is 30.3 Å². The zero-order valence-electron chi connectivity index (χ0n) is 13.7. The number of aryl methyl sites for hydroxylation is 1. The Balaban J connectivity index is 1.90. The molecule has 0 saturated heterocycles. The zero-order valence-corrected chi connectivity index (χ0v) is 13.7. The van der Waals surface area contributed by atoms with Crippen LogP contribution in [-0.4, -0.2) is 38.2 Å². The molecule has 0 aliphatic rings. The Morgan fingerprint density at radius 1 is 1.13 bits per heavy atom. The number of carbonyl (C=O) groups excluding carboxylic acids is 1. The molecule has 2 rings (SSSR count). The molecule has 0 spiro atoms. The minimum absolute atomic E-state index is 0.110. The van der Waals surface area contributed by atoms with Crippen LogP contribution in [0, 0.1) is 0 Å². The topological polar surface area (TPSA) is 51.9 Å². The van der Waals surface area contributed by atoms with Gasteiger partial charge in [-0.15, -0.1) is 0 Å². The Labute approximate surface area is 136 Å². The lowest BCUT2D eigenvalue weighted by molar-refractivity contribution is -0.132. The molecule has 0 aliphatic heterocycles. The maximum Gasteiger partial charge on any atom is 0.223 e. The predicted molar refractivity (Wildman–Crippen MR) is 87.3 cm³/mol. The van der Waals surface area contributed by atoms with Crippen LogP contribution in [0.2, 0.25) is 0 Å². The number of rotatable bonds is 9. The number of benzene rings is 1. The van der Waals surface area contributed by atoms with Gasteiger partial charge in [-0.2, -0.15) is 0 Å². The lowest BCUT2D eigenvalue weighted by atomic mass is 10.1. The molecule has 5 nitrogen and oxygen atoms in total. The summed E-state index contributed by atoms with van der Waals surface area (Å²) in [7, 11) is 3.28. The number of hydrogen-bond acceptors (Lipinski definition) is 4. The van der Waals surface area contributed by atoms with Gasteiger partial charge in [-0.1, -0.05) is 12.1 Å². The first kappa shape index (κ1) is 17.1. The second-order valence-electron chi connectivity index (χ2n) is 5.29. The van der Waals surface area contributed by atoms with Crippen molar-refractivity contribution < 1.29 is 18.7 Å². The van der Waals surface area contributed by atoms with Crippen LogP contribution in [-0.2, 0) is 22.5 Å². The van der Waals surface area contributed by atoms with Crippen molar-refractivity contribution in [1.82, 2.24) is 4.90 Å². The summed E-state index contributed by atoms with van der Waals surface area (Å²) in [6.07, 6.45) is 4.45. The molecule has 0 fully saturated rings. The van der Waals surface area contributed by atoms with Gasteiger partial charge < -0.3 is 18.8 Å². The smallest absolute Gasteiger partial charge is 0.223 e. The minimum atomic E-state index is 0.110. The van der Waals surface area contributed by atoms with Crippen molar-refractivity contribution in [2.75, 3.05) is 27.4 Å². The molecule has 5 heteroatoms. The highest BCUT2D eigenvalue weighted by Gasteiger charge is 2.14. The Morgan fingerprint density at radius 3 is 2.52 bits per heavy atom. The van der Waals surface area contributed by atoms with Gasteiger partial charge in [0, 0.05) is 32.2 Å². The third kappa shape index (κ3) is 5.45. The van der Waals surface area contributed by atoms with E-state index in [0.29, 0.717) is 32.5 Å². The fraction of sp³-hybridized carbons (Fsp3) is 0.389. The second kappa shape index (κ2) is 9.00. The Kier molecular flexibility index (Phi) is 6.69. The van der Waals surface area contributed by atoms with Crippen LogP contribution in [0.1, 0.15) is 17.5 Å². The van der Waals surface area contributed by atoms with Crippen LogP contribution < -0.4 is 4.74 Å². The van der Waals surface area contributed by atoms with Gasteiger partial charge in [-0.05, 0) is 30.2 Å². The summed E-state index contributed by atoms with van der Waals surface area (Å²) in [4.78, 5) is 14.3. The number of ether oxygens (including phenoxy) is 2. The first-order chi connectivity index (χ1) is 11.2. The van der Waals surface area contributed by atoms with Crippen LogP contribution >= 0.6 is 0 Å². The Morgan fingerprint density at radius 2 is 1.91 bits per heavy atom. The molecule has 0 bridgehead atoms. The van der Waals surface area contributed by atoms with Crippen molar-refractivity contribution in [3.63, 3.8) is 0 Å². The highest BCUT2D eigenvalue weighted by atomic mass is 16.5. The number of nitrogens with zero attached hydrogens (tertiary/aromatic N) is 1. The molecule has 1 aromatic carbocycles. The average molecular weight is 317 g/mol. The standard InChI is InChI=1S/C18H23NO4/c1-21-12-10-19(13-16-9-11-23-14-16)18(20)8-5-15-3-6-17(22-2)7-4-15/h3-4,6-7,9,11,14H,5,8,10,12-13H2,1-2H3. The summed E-state index contributed by atoms with van der Waals surface area (Å²) < 4.78 is 15.3. The van der Waals surface area contributed by atoms with Crippen LogP contribution in [0.5, 0.6) is 5.75 Å². The van der Waals surface area contributed by atoms with Crippen LogP contribution in [0.3, 0.4) is 0 Å². The third-order valence-corrected chi connectivity index (χ3v) is 3.66. The Hall–Kier alpha value is -2.27. The fourth-order valence-electron chi connectivity index (χ4n) is 2.30. The summed E-state index contributed by atoms with van der Waals surface area (Å²) in [5.41, 5.74) is 2.10. The fourth-order valence-corrected chi connectivity index (χ4v) is 2.30. The van der Waals surface area contributed by atoms with Gasteiger partial charge in [-0.3, -0.25) is 4.79 Å². The molecule has 124 valence electrons. The lowest BCUT2D eigenvalue weighted by Gasteiger charge is -2.22. The second-order valence-corrected chi connectivity index (χ2v) is 5.29. The number of furan rings is 1. The molecule has 0 aliphatic carbocycles. The van der Waals surface area contributed by atoms with Crippen LogP contribution in [0.4, 0.5) is 0 Å². The lowest BCUT2D eigenvalue weighted by Crippen LogP contribution is -2.33. The van der Waals surface area contributed by atoms with Crippen molar-refractivity contribution >= 4 is 5.91 Å². The molecule has 23 heavy (non-hydrogen) atoms. The minimum Gasteiger partial charge on any atom is -0.497 e. The maximum atomic E-state index is 12.5. The molecule has 1 aromatic heterocycles. The van der Waals surface area contributed by atoms with Crippen molar-refractivity contribution in [3.05, 3.63) is 54.0 Å². The highest BCUT2D eigenvalue weighted by molar-refractivity contribution is 5.76. The number of amides is 1. The van der Waals surface area contributed by atoms with Crippen LogP contribution in [0.25, 0.3) is 0 Å². The normalized spacial score (nSPS) is 10.5. The predicted octanol–water partition coefficient (Wildman–Crippen LogP) is 2.90. The largest absolute Gasteiger partial charge is 0.497 e. The Bertz CT molecular complexity index is 578. The van der Waals surface area contributed by atoms with Gasteiger partial charge in [0.05, 0.1) is 26.2 Å². The van der Waals surface area contributed by atoms with Gasteiger partial charge >= 0.3 is 0 Å². The van der Waals surface area contributed by atoms with Gasteiger partial charge in [0.1, 0.15) is 5.75 Å². The van der Waals surface area contributed by atoms with E-state index in [9.17, 15) is 4.79 Å². The number of methoxy groups -OCH3 is 2. The number of carbonyl (C=O) groups is 1. The van der Waals surface area contributed by atoms with E-state index in [1.54, 1.807) is 31.6 Å². The van der Waals surface area contributed by atoms with E-state index in [2.05, 4.69) is 0 Å². The summed E-state index contributed by atoms with van der Waals surface area (Å²) in [6.45, 7) is 1.64. The molecular formula is C18H23NO4. The summed E-state index contributed by atoms with van der Waals surface area (Å²) >= 11 is 0. The van der Waals surface area contributed by atoms with Gasteiger partial charge in [0.25, 0.3) is 0 Å². The van der Waals surface area contributed by atoms with Crippen molar-refractivity contribution in [3.8, 4) is 5.75 Å². The third-order valence-electron chi connectivity index (χ3n) is 3.66. The van der Waals surface area contributed by atoms with E-state index in [0.717, 1.165) is 16.9 Å². The average Bonchev–Trinajstić information content (AvgIpc) is 3.10. The summed E-state index contributed by atoms with van der Waals surface area (Å²) in [5, 5.41) is 0. The van der Waals surface area contributed by atoms with Crippen molar-refractivity contribution in [1.29, 1.82) is 0 Å². The van der Waals surface area contributed by atoms with E-state index in [-0.39, 0.29) is 5.91 Å². The molecule has 0 saturated carbocycles. The molecule has 0 radical (unpaired) electrons. The van der Waals surface area contributed by atoms with E-state index in [4.69, 9.17) is 13.9 Å². The molecule has 1 heterocycles. The van der Waals surface area contributed by atoms with Gasteiger partial charge in [-0.25, -0.2) is 0 Å². The van der Waals surface area contributed by atoms with Crippen LogP contribution in [0.15, 0.2) is 47.3 Å². The summed E-state index contributed by atoms with van der Waals surface area (Å²) in [5.74, 6) is 0.931. The molecule has 1 amide bonds. The highest BCUT2D eigenvalue weighted by Crippen LogP contribution is 2.14. The van der Waals surface area contributed by atoms with Crippen molar-refractivity contribution in [2.24, 2.45) is 0 Å². The number of hydrogen-bond donors (Lipinski definition) is 0. The maximum absolute atomic E-state index is 12.5. The quantitative estimate of drug-likeness (QED) is 0.713. The van der Waals surface area contributed by atoms with Gasteiger partial charge in [0.2, 0.25) is 5.91 Å². The molecule has 2 aromatic rings. The van der Waals surface area contributed by atoms with Gasteiger partial charge in [0.15, 0.2) is 0 Å². The molecule has 0 atom stereocenters. The molecule has 0 N–H and O–H groups in total.